The van der Waals surface area contributed by atoms with Gasteiger partial charge in [-0.2, -0.15) is 5.10 Å². The molecule has 26 heavy (non-hydrogen) atoms. The summed E-state index contributed by atoms with van der Waals surface area (Å²) in [6, 6.07) is 9.13. The van der Waals surface area contributed by atoms with E-state index in [1.54, 1.807) is 18.2 Å². The number of hydrogen-bond acceptors (Lipinski definition) is 6. The molecule has 0 aliphatic rings. The van der Waals surface area contributed by atoms with Crippen LogP contribution in [0.25, 0.3) is 0 Å². The Morgan fingerprint density at radius 1 is 1.08 bits per heavy atom. The van der Waals surface area contributed by atoms with E-state index in [-0.39, 0.29) is 12.4 Å². The molecule has 2 aromatic rings. The second-order valence-corrected chi connectivity index (χ2v) is 4.96. The average Bonchev–Trinajstić information content (AvgIpc) is 2.67. The number of nitrogens with one attached hydrogen (secondary N) is 1. The van der Waals surface area contributed by atoms with E-state index in [0.29, 0.717) is 22.8 Å². The third-order valence-corrected chi connectivity index (χ3v) is 3.33. The Kier molecular flexibility index (Phi) is 6.78. The van der Waals surface area contributed by atoms with Gasteiger partial charge in [0.25, 0.3) is 5.91 Å². The molecule has 0 spiro atoms. The minimum atomic E-state index is -0.545. The third kappa shape index (κ3) is 4.85. The molecule has 0 aromatic heterocycles. The second kappa shape index (κ2) is 9.26. The summed E-state index contributed by atoms with van der Waals surface area (Å²) in [4.78, 5) is 11.8. The Balaban J connectivity index is 2.01. The maximum Gasteiger partial charge on any atom is 0.277 e. The van der Waals surface area contributed by atoms with Gasteiger partial charge in [-0.25, -0.2) is 9.82 Å². The first-order valence-electron chi connectivity index (χ1n) is 7.58. The molecule has 2 aromatic carbocycles. The number of carbonyl (C=O) groups excluding carboxylic acids is 1. The van der Waals surface area contributed by atoms with Crippen LogP contribution < -0.4 is 24.4 Å². The lowest BCUT2D eigenvalue weighted by Crippen LogP contribution is -2.24. The number of ether oxygens (including phenoxy) is 4. The summed E-state index contributed by atoms with van der Waals surface area (Å²) in [7, 11) is 4.51. The fourth-order valence-electron chi connectivity index (χ4n) is 2.07. The third-order valence-electron chi connectivity index (χ3n) is 3.33. The van der Waals surface area contributed by atoms with E-state index in [0.717, 1.165) is 0 Å². The molecule has 1 N–H and O–H groups in total. The Bertz CT molecular complexity index is 770. The Morgan fingerprint density at radius 3 is 2.31 bits per heavy atom. The molecule has 0 aliphatic heterocycles. The molecule has 0 heterocycles. The second-order valence-electron chi connectivity index (χ2n) is 4.96. The summed E-state index contributed by atoms with van der Waals surface area (Å²) in [6.45, 7) is -0.380. The number of nitrogens with zero attached hydrogens (tertiary/aromatic N) is 1. The Morgan fingerprint density at radius 2 is 1.73 bits per heavy atom. The lowest BCUT2D eigenvalue weighted by molar-refractivity contribution is -0.123. The van der Waals surface area contributed by atoms with Crippen LogP contribution in [-0.2, 0) is 4.79 Å². The van der Waals surface area contributed by atoms with Crippen LogP contribution in [0.5, 0.6) is 23.0 Å². The van der Waals surface area contributed by atoms with E-state index < -0.39 is 11.7 Å². The number of benzene rings is 2. The Labute approximate surface area is 150 Å². The standard InChI is InChI=1S/C18H19FN2O5/c1-23-12-8-16(24-2)13(17(9-12)25-3)10-20-21-18(22)11-26-15-7-5-4-6-14(15)19/h4-10H,11H2,1-3H3,(H,21,22)/b20-10+. The average molecular weight is 362 g/mol. The van der Waals surface area contributed by atoms with E-state index in [4.69, 9.17) is 18.9 Å². The summed E-state index contributed by atoms with van der Waals surface area (Å²) in [5.74, 6) is 0.374. The highest BCUT2D eigenvalue weighted by atomic mass is 19.1. The van der Waals surface area contributed by atoms with Gasteiger partial charge in [0.2, 0.25) is 0 Å². The molecule has 0 radical (unpaired) electrons. The van der Waals surface area contributed by atoms with E-state index in [1.807, 2.05) is 0 Å². The predicted octanol–water partition coefficient (Wildman–Crippen LogP) is 2.38. The van der Waals surface area contributed by atoms with Crippen molar-refractivity contribution < 1.29 is 28.1 Å². The molecule has 7 nitrogen and oxygen atoms in total. The van der Waals surface area contributed by atoms with Gasteiger partial charge in [0.15, 0.2) is 18.2 Å². The van der Waals surface area contributed by atoms with E-state index >= 15 is 0 Å². The van der Waals surface area contributed by atoms with Crippen LogP contribution in [0.4, 0.5) is 4.39 Å². The molecule has 0 bridgehead atoms. The smallest absolute Gasteiger partial charge is 0.277 e. The molecule has 0 aliphatic carbocycles. The van der Waals surface area contributed by atoms with Crippen LogP contribution in [0.2, 0.25) is 0 Å². The molecule has 0 fully saturated rings. The van der Waals surface area contributed by atoms with Crippen LogP contribution in [0.1, 0.15) is 5.56 Å². The highest BCUT2D eigenvalue weighted by molar-refractivity contribution is 5.89. The first kappa shape index (κ1) is 19.0. The molecular weight excluding hydrogens is 343 g/mol. The van der Waals surface area contributed by atoms with Crippen molar-refractivity contribution in [3.8, 4) is 23.0 Å². The number of amides is 1. The quantitative estimate of drug-likeness (QED) is 0.576. The van der Waals surface area contributed by atoms with Crippen molar-refractivity contribution in [2.45, 2.75) is 0 Å². The van der Waals surface area contributed by atoms with Crippen molar-refractivity contribution in [2.75, 3.05) is 27.9 Å². The number of hydrazone groups is 1. The van der Waals surface area contributed by atoms with Gasteiger partial charge in [0.05, 0.1) is 33.1 Å². The maximum absolute atomic E-state index is 13.4. The first-order chi connectivity index (χ1) is 12.6. The van der Waals surface area contributed by atoms with Crippen LogP contribution in [0, 0.1) is 5.82 Å². The molecule has 138 valence electrons. The zero-order valence-electron chi connectivity index (χ0n) is 14.6. The molecular formula is C18H19FN2O5. The summed E-state index contributed by atoms with van der Waals surface area (Å²) in [5, 5.41) is 3.85. The normalized spacial score (nSPS) is 10.5. The molecule has 2 rings (SSSR count). The van der Waals surface area contributed by atoms with E-state index in [9.17, 15) is 9.18 Å². The van der Waals surface area contributed by atoms with Gasteiger partial charge in [0, 0.05) is 12.1 Å². The van der Waals surface area contributed by atoms with Gasteiger partial charge >= 0.3 is 0 Å². The van der Waals surface area contributed by atoms with Crippen molar-refractivity contribution in [2.24, 2.45) is 5.10 Å². The minimum absolute atomic E-state index is 0.00915. The summed E-state index contributed by atoms with van der Waals surface area (Å²) < 4.78 is 34.2. The van der Waals surface area contributed by atoms with Crippen LogP contribution in [0.15, 0.2) is 41.5 Å². The van der Waals surface area contributed by atoms with Crippen LogP contribution >= 0.6 is 0 Å². The van der Waals surface area contributed by atoms with Gasteiger partial charge in [-0.1, -0.05) is 12.1 Å². The summed E-state index contributed by atoms with van der Waals surface area (Å²) in [6.07, 6.45) is 1.37. The summed E-state index contributed by atoms with van der Waals surface area (Å²) in [5.41, 5.74) is 2.81. The number of hydrogen-bond donors (Lipinski definition) is 1. The lowest BCUT2D eigenvalue weighted by atomic mass is 10.2. The zero-order chi connectivity index (χ0) is 18.9. The van der Waals surface area contributed by atoms with E-state index in [1.165, 1.54) is 45.7 Å². The summed E-state index contributed by atoms with van der Waals surface area (Å²) >= 11 is 0. The monoisotopic (exact) mass is 362 g/mol. The first-order valence-corrected chi connectivity index (χ1v) is 7.58. The zero-order valence-corrected chi connectivity index (χ0v) is 14.6. The van der Waals surface area contributed by atoms with Gasteiger partial charge < -0.3 is 18.9 Å². The number of carbonyl (C=O) groups is 1. The highest BCUT2D eigenvalue weighted by Gasteiger charge is 2.12. The van der Waals surface area contributed by atoms with Crippen LogP contribution in [0.3, 0.4) is 0 Å². The van der Waals surface area contributed by atoms with Gasteiger partial charge in [-0.05, 0) is 12.1 Å². The number of para-hydroxylation sites is 1. The predicted molar refractivity (Wildman–Crippen MR) is 93.7 cm³/mol. The number of halogens is 1. The van der Waals surface area contributed by atoms with Crippen molar-refractivity contribution in [1.29, 1.82) is 0 Å². The van der Waals surface area contributed by atoms with Crippen molar-refractivity contribution >= 4 is 12.1 Å². The SMILES string of the molecule is COc1cc(OC)c(/C=N/NC(=O)COc2ccccc2F)c(OC)c1. The molecule has 1 amide bonds. The fraction of sp³-hybridized carbons (Fsp3) is 0.222. The topological polar surface area (TPSA) is 78.4 Å². The number of rotatable bonds is 8. The maximum atomic E-state index is 13.4. The lowest BCUT2D eigenvalue weighted by Gasteiger charge is -2.12. The molecule has 0 unspecified atom stereocenters. The van der Waals surface area contributed by atoms with Gasteiger partial charge in [0.1, 0.15) is 17.2 Å². The minimum Gasteiger partial charge on any atom is -0.496 e. The fourth-order valence-corrected chi connectivity index (χ4v) is 2.07. The van der Waals surface area contributed by atoms with Crippen LogP contribution in [-0.4, -0.2) is 40.1 Å². The van der Waals surface area contributed by atoms with Gasteiger partial charge in [-0.3, -0.25) is 4.79 Å². The molecule has 0 saturated heterocycles. The van der Waals surface area contributed by atoms with Crippen molar-refractivity contribution in [1.82, 2.24) is 5.43 Å². The Hall–Kier alpha value is -3.29. The highest BCUT2D eigenvalue weighted by Crippen LogP contribution is 2.32. The van der Waals surface area contributed by atoms with Crippen molar-refractivity contribution in [3.05, 3.63) is 47.8 Å². The largest absolute Gasteiger partial charge is 0.496 e. The molecule has 8 heteroatoms. The van der Waals surface area contributed by atoms with Gasteiger partial charge in [-0.15, -0.1) is 0 Å². The van der Waals surface area contributed by atoms with Crippen molar-refractivity contribution in [3.63, 3.8) is 0 Å². The molecule has 0 atom stereocenters. The number of methoxy groups -OCH3 is 3. The molecule has 0 saturated carbocycles. The van der Waals surface area contributed by atoms with E-state index in [2.05, 4.69) is 10.5 Å².